The predicted molar refractivity (Wildman–Crippen MR) is 65.9 cm³/mol. The molecule has 0 saturated carbocycles. The number of para-hydroxylation sites is 1. The van der Waals surface area contributed by atoms with Gasteiger partial charge < -0.3 is 4.74 Å². The number of benzene rings is 1. The molecular weight excluding hydrogens is 206 g/mol. The molecule has 1 aliphatic rings. The van der Waals surface area contributed by atoms with Crippen molar-refractivity contribution >= 4 is 16.8 Å². The molecule has 1 aromatic rings. The minimum atomic E-state index is 0.354. The third kappa shape index (κ3) is 2.99. The van der Waals surface area contributed by atoms with Gasteiger partial charge in [0.1, 0.15) is 12.4 Å². The lowest BCUT2D eigenvalue weighted by Gasteiger charge is -2.08. The third-order valence-electron chi connectivity index (χ3n) is 2.44. The number of hydrogen-bond acceptors (Lipinski definition) is 3. The van der Waals surface area contributed by atoms with Crippen molar-refractivity contribution in [1.82, 2.24) is 0 Å². The maximum atomic E-state index is 5.67. The molecule has 1 atom stereocenters. The molecule has 0 amide bonds. The van der Waals surface area contributed by atoms with Gasteiger partial charge in [0.25, 0.3) is 0 Å². The largest absolute Gasteiger partial charge is 0.491 e. The van der Waals surface area contributed by atoms with Crippen LogP contribution in [0.3, 0.4) is 0 Å². The summed E-state index contributed by atoms with van der Waals surface area (Å²) in [5, 5.41) is 1.26. The quantitative estimate of drug-likeness (QED) is 0.782. The zero-order chi connectivity index (χ0) is 10.5. The van der Waals surface area contributed by atoms with Crippen LogP contribution in [0.15, 0.2) is 35.3 Å². The number of thioether (sulfide) groups is 1. The van der Waals surface area contributed by atoms with Gasteiger partial charge in [0.2, 0.25) is 0 Å². The Balaban J connectivity index is 1.82. The van der Waals surface area contributed by atoms with E-state index in [4.69, 9.17) is 4.74 Å². The van der Waals surface area contributed by atoms with Crippen molar-refractivity contribution in [1.29, 1.82) is 0 Å². The van der Waals surface area contributed by atoms with Crippen LogP contribution in [0.25, 0.3) is 0 Å². The number of aliphatic imine (C=N–C) groups is 1. The Morgan fingerprint density at radius 3 is 2.87 bits per heavy atom. The lowest BCUT2D eigenvalue weighted by molar-refractivity contribution is 0.289. The van der Waals surface area contributed by atoms with Crippen LogP contribution >= 0.6 is 11.8 Å². The SMILES string of the molecule is CSC1=N[C@H](COc2ccccc2)CC1. The molecule has 3 heteroatoms. The standard InChI is InChI=1S/C12H15NOS/c1-15-12-8-7-10(13-12)9-14-11-5-3-2-4-6-11/h2-6,10H,7-9H2,1H3/t10-/m0/s1. The first-order valence-electron chi connectivity index (χ1n) is 5.17. The fourth-order valence-electron chi connectivity index (χ4n) is 1.61. The molecule has 0 fully saturated rings. The van der Waals surface area contributed by atoms with Gasteiger partial charge >= 0.3 is 0 Å². The zero-order valence-electron chi connectivity index (χ0n) is 8.85. The van der Waals surface area contributed by atoms with Crippen LogP contribution in [0.5, 0.6) is 5.75 Å². The smallest absolute Gasteiger partial charge is 0.119 e. The second-order valence-corrected chi connectivity index (χ2v) is 4.42. The molecular formula is C12H15NOS. The van der Waals surface area contributed by atoms with Crippen molar-refractivity contribution in [2.24, 2.45) is 4.99 Å². The van der Waals surface area contributed by atoms with Crippen LogP contribution in [0.1, 0.15) is 12.8 Å². The van der Waals surface area contributed by atoms with Gasteiger partial charge in [0, 0.05) is 0 Å². The lowest BCUT2D eigenvalue weighted by atomic mass is 10.2. The van der Waals surface area contributed by atoms with Crippen LogP contribution in [0.2, 0.25) is 0 Å². The fourth-order valence-corrected chi connectivity index (χ4v) is 2.18. The Hall–Kier alpha value is -0.960. The van der Waals surface area contributed by atoms with E-state index in [1.165, 1.54) is 5.04 Å². The van der Waals surface area contributed by atoms with Crippen molar-refractivity contribution in [2.75, 3.05) is 12.9 Å². The summed E-state index contributed by atoms with van der Waals surface area (Å²) in [6.07, 6.45) is 4.33. The Morgan fingerprint density at radius 1 is 1.40 bits per heavy atom. The first-order valence-corrected chi connectivity index (χ1v) is 6.39. The Labute approximate surface area is 94.7 Å². The van der Waals surface area contributed by atoms with Gasteiger partial charge in [-0.1, -0.05) is 18.2 Å². The fraction of sp³-hybridized carbons (Fsp3) is 0.417. The predicted octanol–water partition coefficient (Wildman–Crippen LogP) is 2.99. The summed E-state index contributed by atoms with van der Waals surface area (Å²) < 4.78 is 5.67. The van der Waals surface area contributed by atoms with Gasteiger partial charge in [-0.25, -0.2) is 0 Å². The van der Waals surface area contributed by atoms with E-state index in [0.29, 0.717) is 12.6 Å². The molecule has 15 heavy (non-hydrogen) atoms. The van der Waals surface area contributed by atoms with Crippen LogP contribution in [-0.2, 0) is 0 Å². The number of hydrogen-bond donors (Lipinski definition) is 0. The highest BCUT2D eigenvalue weighted by Gasteiger charge is 2.17. The van der Waals surface area contributed by atoms with Crippen LogP contribution in [0.4, 0.5) is 0 Å². The molecule has 0 aromatic heterocycles. The van der Waals surface area contributed by atoms with Crippen LogP contribution in [-0.4, -0.2) is 23.9 Å². The molecule has 80 valence electrons. The van der Waals surface area contributed by atoms with Gasteiger partial charge in [-0.2, -0.15) is 0 Å². The average Bonchev–Trinajstić information content (AvgIpc) is 2.76. The van der Waals surface area contributed by atoms with Crippen molar-refractivity contribution in [3.63, 3.8) is 0 Å². The Kier molecular flexibility index (Phi) is 3.67. The summed E-state index contributed by atoms with van der Waals surface area (Å²) in [6.45, 7) is 0.702. The lowest BCUT2D eigenvalue weighted by Crippen LogP contribution is -2.12. The molecule has 0 spiro atoms. The summed E-state index contributed by atoms with van der Waals surface area (Å²) in [5.74, 6) is 0.935. The highest BCUT2D eigenvalue weighted by Crippen LogP contribution is 2.20. The van der Waals surface area contributed by atoms with E-state index in [2.05, 4.69) is 11.2 Å². The highest BCUT2D eigenvalue weighted by atomic mass is 32.2. The maximum absolute atomic E-state index is 5.67. The molecule has 2 nitrogen and oxygen atoms in total. The van der Waals surface area contributed by atoms with E-state index in [1.54, 1.807) is 11.8 Å². The normalized spacial score (nSPS) is 20.1. The minimum Gasteiger partial charge on any atom is -0.491 e. The van der Waals surface area contributed by atoms with E-state index in [9.17, 15) is 0 Å². The maximum Gasteiger partial charge on any atom is 0.119 e. The topological polar surface area (TPSA) is 21.6 Å². The molecule has 0 saturated heterocycles. The van der Waals surface area contributed by atoms with Gasteiger partial charge in [-0.15, -0.1) is 11.8 Å². The second-order valence-electron chi connectivity index (χ2n) is 3.54. The molecule has 1 heterocycles. The molecule has 0 N–H and O–H groups in total. The summed E-state index contributed by atoms with van der Waals surface area (Å²) in [5.41, 5.74) is 0. The number of rotatable bonds is 3. The molecule has 2 rings (SSSR count). The van der Waals surface area contributed by atoms with E-state index < -0.39 is 0 Å². The van der Waals surface area contributed by atoms with E-state index in [-0.39, 0.29) is 0 Å². The van der Waals surface area contributed by atoms with Crippen LogP contribution < -0.4 is 4.74 Å². The average molecular weight is 221 g/mol. The van der Waals surface area contributed by atoms with Crippen molar-refractivity contribution in [3.05, 3.63) is 30.3 Å². The molecule has 1 aliphatic heterocycles. The summed E-state index contributed by atoms with van der Waals surface area (Å²) >= 11 is 1.75. The van der Waals surface area contributed by atoms with E-state index >= 15 is 0 Å². The molecule has 0 radical (unpaired) electrons. The number of nitrogens with zero attached hydrogens (tertiary/aromatic N) is 1. The molecule has 1 aromatic carbocycles. The van der Waals surface area contributed by atoms with Crippen LogP contribution in [0, 0.1) is 0 Å². The summed E-state index contributed by atoms with van der Waals surface area (Å²) in [7, 11) is 0. The third-order valence-corrected chi connectivity index (χ3v) is 3.22. The van der Waals surface area contributed by atoms with Gasteiger partial charge in [-0.3, -0.25) is 4.99 Å². The van der Waals surface area contributed by atoms with E-state index in [0.717, 1.165) is 18.6 Å². The second kappa shape index (κ2) is 5.21. The van der Waals surface area contributed by atoms with Gasteiger partial charge in [0.15, 0.2) is 0 Å². The zero-order valence-corrected chi connectivity index (χ0v) is 9.67. The van der Waals surface area contributed by atoms with Gasteiger partial charge in [-0.05, 0) is 31.2 Å². The van der Waals surface area contributed by atoms with Gasteiger partial charge in [0.05, 0.1) is 11.1 Å². The monoisotopic (exact) mass is 221 g/mol. The van der Waals surface area contributed by atoms with Crippen molar-refractivity contribution in [2.45, 2.75) is 18.9 Å². The van der Waals surface area contributed by atoms with Crippen molar-refractivity contribution < 1.29 is 4.74 Å². The molecule has 0 unspecified atom stereocenters. The number of ether oxygens (including phenoxy) is 1. The summed E-state index contributed by atoms with van der Waals surface area (Å²) in [6, 6.07) is 10.3. The Bertz CT molecular complexity index is 337. The molecule has 0 bridgehead atoms. The Morgan fingerprint density at radius 2 is 2.20 bits per heavy atom. The minimum absolute atomic E-state index is 0.354. The van der Waals surface area contributed by atoms with Crippen molar-refractivity contribution in [3.8, 4) is 5.75 Å². The first-order chi connectivity index (χ1) is 7.38. The summed E-state index contributed by atoms with van der Waals surface area (Å²) in [4.78, 5) is 4.58. The van der Waals surface area contributed by atoms with E-state index in [1.807, 2.05) is 30.3 Å². The first kappa shape index (κ1) is 10.6. The highest BCUT2D eigenvalue weighted by molar-refractivity contribution is 8.13. The molecule has 0 aliphatic carbocycles.